The molecule has 1 atom stereocenters. The lowest BCUT2D eigenvalue weighted by Gasteiger charge is -2.18. The van der Waals surface area contributed by atoms with Crippen LogP contribution in [-0.4, -0.2) is 37.2 Å². The van der Waals surface area contributed by atoms with Crippen molar-refractivity contribution in [2.45, 2.75) is 271 Å². The van der Waals surface area contributed by atoms with Crippen molar-refractivity contribution in [1.29, 1.82) is 0 Å². The van der Waals surface area contributed by atoms with Crippen LogP contribution in [0.25, 0.3) is 0 Å². The average Bonchev–Trinajstić information content (AvgIpc) is 3.35. The van der Waals surface area contributed by atoms with Crippen LogP contribution in [0.3, 0.4) is 0 Å². The van der Waals surface area contributed by atoms with Gasteiger partial charge >= 0.3 is 17.9 Å². The molecule has 0 aromatic carbocycles. The highest BCUT2D eigenvalue weighted by Gasteiger charge is 2.19. The maximum absolute atomic E-state index is 12.8. The van der Waals surface area contributed by atoms with Crippen LogP contribution in [0.15, 0.2) is 97.2 Å². The SMILES string of the molecule is CC/C=C\C/C=C\C/C=C\C/C=C\CCCCC(=O)OC(COC(=O)CCCCCCC/C=C\C/C=C\CCCCC)COC(=O)CCCCCCCCCCC/C=C\C/C=C\CCCCCCC. The first kappa shape index (κ1) is 65.3. The number of unbranched alkanes of at least 4 members (excludes halogenated alkanes) is 24. The zero-order chi connectivity index (χ0) is 50.0. The van der Waals surface area contributed by atoms with Gasteiger partial charge in [-0.2, -0.15) is 0 Å². The van der Waals surface area contributed by atoms with Crippen LogP contribution >= 0.6 is 0 Å². The summed E-state index contributed by atoms with van der Waals surface area (Å²) in [6, 6.07) is 0. The molecule has 394 valence electrons. The van der Waals surface area contributed by atoms with Crippen molar-refractivity contribution >= 4 is 17.9 Å². The number of rotatable bonds is 51. The Morgan fingerprint density at radius 1 is 0.304 bits per heavy atom. The highest BCUT2D eigenvalue weighted by Crippen LogP contribution is 2.14. The third-order valence-electron chi connectivity index (χ3n) is 12.0. The van der Waals surface area contributed by atoms with E-state index in [1.807, 2.05) is 0 Å². The number of hydrogen-bond acceptors (Lipinski definition) is 6. The van der Waals surface area contributed by atoms with E-state index in [0.717, 1.165) is 109 Å². The molecule has 0 fully saturated rings. The topological polar surface area (TPSA) is 78.9 Å². The molecule has 1 unspecified atom stereocenters. The lowest BCUT2D eigenvalue weighted by atomic mass is 10.1. The normalized spacial score (nSPS) is 12.8. The van der Waals surface area contributed by atoms with Crippen molar-refractivity contribution in [3.8, 4) is 0 Å². The Morgan fingerprint density at radius 2 is 0.565 bits per heavy atom. The van der Waals surface area contributed by atoms with Crippen molar-refractivity contribution in [2.75, 3.05) is 13.2 Å². The van der Waals surface area contributed by atoms with Gasteiger partial charge in [0.15, 0.2) is 6.10 Å². The fraction of sp³-hybridized carbons (Fsp3) is 0.698. The first-order valence-corrected chi connectivity index (χ1v) is 28.7. The second kappa shape index (κ2) is 56.9. The summed E-state index contributed by atoms with van der Waals surface area (Å²) in [5, 5.41) is 0. The summed E-state index contributed by atoms with van der Waals surface area (Å²) < 4.78 is 16.8. The largest absolute Gasteiger partial charge is 0.462 e. The molecule has 0 heterocycles. The summed E-state index contributed by atoms with van der Waals surface area (Å²) in [6.45, 7) is 6.44. The van der Waals surface area contributed by atoms with Gasteiger partial charge in [0.2, 0.25) is 0 Å². The molecule has 0 N–H and O–H groups in total. The minimum atomic E-state index is -0.808. The van der Waals surface area contributed by atoms with Crippen molar-refractivity contribution < 1.29 is 28.6 Å². The number of ether oxygens (including phenoxy) is 3. The molecule has 0 aromatic heterocycles. The summed E-state index contributed by atoms with van der Waals surface area (Å²) in [5.41, 5.74) is 0. The van der Waals surface area contributed by atoms with E-state index in [-0.39, 0.29) is 37.5 Å². The van der Waals surface area contributed by atoms with E-state index in [0.29, 0.717) is 19.3 Å². The van der Waals surface area contributed by atoms with Crippen molar-refractivity contribution in [3.05, 3.63) is 97.2 Å². The van der Waals surface area contributed by atoms with Crippen LogP contribution in [0.2, 0.25) is 0 Å². The molecule has 69 heavy (non-hydrogen) atoms. The zero-order valence-electron chi connectivity index (χ0n) is 45.0. The Hall–Kier alpha value is -3.67. The molecule has 0 aromatic rings. The minimum Gasteiger partial charge on any atom is -0.462 e. The van der Waals surface area contributed by atoms with Gasteiger partial charge in [-0.25, -0.2) is 0 Å². The Labute approximate surface area is 426 Å². The average molecular weight is 960 g/mol. The molecule has 6 heteroatoms. The molecule has 6 nitrogen and oxygen atoms in total. The van der Waals surface area contributed by atoms with Crippen LogP contribution in [0.4, 0.5) is 0 Å². The highest BCUT2D eigenvalue weighted by atomic mass is 16.6. The van der Waals surface area contributed by atoms with Crippen molar-refractivity contribution in [2.24, 2.45) is 0 Å². The summed E-state index contributed by atoms with van der Waals surface area (Å²) >= 11 is 0. The van der Waals surface area contributed by atoms with Crippen LogP contribution < -0.4 is 0 Å². The molecule has 0 bridgehead atoms. The predicted octanol–water partition coefficient (Wildman–Crippen LogP) is 19.3. The lowest BCUT2D eigenvalue weighted by molar-refractivity contribution is -0.167. The summed E-state index contributed by atoms with van der Waals surface area (Å²) in [4.78, 5) is 38.1. The molecule has 0 saturated carbocycles. The maximum Gasteiger partial charge on any atom is 0.306 e. The van der Waals surface area contributed by atoms with Gasteiger partial charge in [-0.05, 0) is 122 Å². The van der Waals surface area contributed by atoms with Gasteiger partial charge in [0.05, 0.1) is 0 Å². The standard InChI is InChI=1S/C63H106O6/c1-4-7-10-13-16-19-22-25-28-29-30-31-32-33-36-38-41-44-47-50-53-56-62(65)68-59-60(69-63(66)57-54-51-48-45-42-39-35-27-24-21-18-15-12-9-6-3)58-67-61(64)55-52-49-46-43-40-37-34-26-23-20-17-14-11-8-5-2/h9,12,17-18,20-22,25-27,29-30,34-35,42,45,60H,4-8,10-11,13-16,19,23-24,28,31-33,36-41,43-44,46-59H2,1-3H3/b12-9-,20-17-,21-18-,25-22-,30-29-,34-26-,35-27-,45-42-. The fourth-order valence-corrected chi connectivity index (χ4v) is 7.73. The molecule has 0 amide bonds. The van der Waals surface area contributed by atoms with E-state index in [4.69, 9.17) is 14.2 Å². The summed E-state index contributed by atoms with van der Waals surface area (Å²) in [7, 11) is 0. The Balaban J connectivity index is 4.43. The minimum absolute atomic E-state index is 0.102. The number of esters is 3. The monoisotopic (exact) mass is 959 g/mol. The first-order valence-electron chi connectivity index (χ1n) is 28.7. The molecular formula is C63H106O6. The zero-order valence-corrected chi connectivity index (χ0v) is 45.0. The molecule has 0 aliphatic heterocycles. The van der Waals surface area contributed by atoms with Crippen molar-refractivity contribution in [1.82, 2.24) is 0 Å². The quantitative estimate of drug-likeness (QED) is 0.0262. The highest BCUT2D eigenvalue weighted by molar-refractivity contribution is 5.71. The summed E-state index contributed by atoms with van der Waals surface area (Å²) in [5.74, 6) is -0.960. The van der Waals surface area contributed by atoms with E-state index in [1.165, 1.54) is 109 Å². The van der Waals surface area contributed by atoms with Gasteiger partial charge in [0.25, 0.3) is 0 Å². The van der Waals surface area contributed by atoms with E-state index in [2.05, 4.69) is 118 Å². The van der Waals surface area contributed by atoms with E-state index in [1.54, 1.807) is 0 Å². The Morgan fingerprint density at radius 3 is 0.942 bits per heavy atom. The molecule has 0 aliphatic carbocycles. The van der Waals surface area contributed by atoms with Crippen LogP contribution in [0.1, 0.15) is 265 Å². The maximum atomic E-state index is 12.8. The molecule has 0 spiro atoms. The number of allylic oxidation sites excluding steroid dienone is 16. The lowest BCUT2D eigenvalue weighted by Crippen LogP contribution is -2.30. The molecular weight excluding hydrogens is 853 g/mol. The number of carbonyl (C=O) groups excluding carboxylic acids is 3. The van der Waals surface area contributed by atoms with Crippen LogP contribution in [0.5, 0.6) is 0 Å². The van der Waals surface area contributed by atoms with E-state index < -0.39 is 6.10 Å². The second-order valence-electron chi connectivity index (χ2n) is 18.8. The van der Waals surface area contributed by atoms with Gasteiger partial charge < -0.3 is 14.2 Å². The Bertz CT molecular complexity index is 1380. The van der Waals surface area contributed by atoms with Crippen LogP contribution in [0, 0.1) is 0 Å². The molecule has 0 rings (SSSR count). The van der Waals surface area contributed by atoms with E-state index >= 15 is 0 Å². The van der Waals surface area contributed by atoms with Gasteiger partial charge in [0.1, 0.15) is 13.2 Å². The smallest absolute Gasteiger partial charge is 0.306 e. The number of carbonyl (C=O) groups is 3. The predicted molar refractivity (Wildman–Crippen MR) is 297 cm³/mol. The second-order valence-corrected chi connectivity index (χ2v) is 18.8. The van der Waals surface area contributed by atoms with Gasteiger partial charge in [-0.3, -0.25) is 14.4 Å². The third kappa shape index (κ3) is 55.1. The van der Waals surface area contributed by atoms with Crippen LogP contribution in [-0.2, 0) is 28.6 Å². The van der Waals surface area contributed by atoms with E-state index in [9.17, 15) is 14.4 Å². The third-order valence-corrected chi connectivity index (χ3v) is 12.0. The molecule has 0 saturated heterocycles. The molecule has 0 aliphatic rings. The van der Waals surface area contributed by atoms with Gasteiger partial charge in [-0.15, -0.1) is 0 Å². The van der Waals surface area contributed by atoms with Crippen molar-refractivity contribution in [3.63, 3.8) is 0 Å². The fourth-order valence-electron chi connectivity index (χ4n) is 7.73. The Kier molecular flexibility index (Phi) is 53.9. The first-order chi connectivity index (χ1) is 34.0. The summed E-state index contributed by atoms with van der Waals surface area (Å²) in [6.07, 6.45) is 75.4. The van der Waals surface area contributed by atoms with Gasteiger partial charge in [0, 0.05) is 19.3 Å². The molecule has 0 radical (unpaired) electrons. The number of hydrogen-bond donors (Lipinski definition) is 0. The van der Waals surface area contributed by atoms with Gasteiger partial charge in [-0.1, -0.05) is 221 Å².